The minimum atomic E-state index is -0.467. The molecule has 2 atom stereocenters. The van der Waals surface area contributed by atoms with Gasteiger partial charge in [0.1, 0.15) is 0 Å². The highest BCUT2D eigenvalue weighted by molar-refractivity contribution is 4.89. The van der Waals surface area contributed by atoms with Crippen molar-refractivity contribution < 1.29 is 4.52 Å². The maximum atomic E-state index is 10.8. The molecule has 0 spiro atoms. The van der Waals surface area contributed by atoms with Gasteiger partial charge in [0.2, 0.25) is 0 Å². The van der Waals surface area contributed by atoms with Gasteiger partial charge >= 0.3 is 5.76 Å². The zero-order chi connectivity index (χ0) is 12.3. The summed E-state index contributed by atoms with van der Waals surface area (Å²) in [6.45, 7) is 11.1. The van der Waals surface area contributed by atoms with Crippen molar-refractivity contribution in [3.63, 3.8) is 0 Å². The monoisotopic (exact) mass is 226 g/mol. The number of hydrogen-bond acceptors (Lipinski definition) is 3. The van der Waals surface area contributed by atoms with Crippen LogP contribution in [0.1, 0.15) is 59.2 Å². The summed E-state index contributed by atoms with van der Waals surface area (Å²) in [6, 6.07) is 0. The van der Waals surface area contributed by atoms with Gasteiger partial charge in [0.05, 0.1) is 0 Å². The Morgan fingerprint density at radius 1 is 1.31 bits per heavy atom. The van der Waals surface area contributed by atoms with Crippen molar-refractivity contribution >= 4 is 0 Å². The fraction of sp³-hybridized carbons (Fsp3) is 0.833. The Morgan fingerprint density at radius 3 is 2.38 bits per heavy atom. The summed E-state index contributed by atoms with van der Waals surface area (Å²) in [7, 11) is 0. The zero-order valence-electron chi connectivity index (χ0n) is 10.8. The van der Waals surface area contributed by atoms with Gasteiger partial charge in [0.15, 0.2) is 5.82 Å². The molecular weight excluding hydrogens is 204 g/mol. The van der Waals surface area contributed by atoms with Crippen molar-refractivity contribution in [2.24, 2.45) is 11.3 Å². The molecule has 0 radical (unpaired) electrons. The van der Waals surface area contributed by atoms with E-state index in [2.05, 4.69) is 49.3 Å². The Bertz CT molecular complexity index is 373. The highest BCUT2D eigenvalue weighted by atomic mass is 16.5. The highest BCUT2D eigenvalue weighted by Crippen LogP contribution is 2.31. The summed E-state index contributed by atoms with van der Waals surface area (Å²) in [5, 5.41) is 3.71. The summed E-state index contributed by atoms with van der Waals surface area (Å²) in [4.78, 5) is 13.4. The van der Waals surface area contributed by atoms with Crippen LogP contribution in [0.25, 0.3) is 0 Å². The molecule has 0 amide bonds. The first-order valence-electron chi connectivity index (χ1n) is 5.86. The number of aromatic amines is 1. The molecule has 0 bridgehead atoms. The fourth-order valence-corrected chi connectivity index (χ4v) is 1.52. The van der Waals surface area contributed by atoms with E-state index in [9.17, 15) is 4.79 Å². The van der Waals surface area contributed by atoms with Crippen LogP contribution in [-0.4, -0.2) is 10.1 Å². The van der Waals surface area contributed by atoms with Crippen LogP contribution in [0.2, 0.25) is 0 Å². The summed E-state index contributed by atoms with van der Waals surface area (Å²) in [5.74, 6) is 1.08. The Morgan fingerprint density at radius 2 is 1.94 bits per heavy atom. The van der Waals surface area contributed by atoms with E-state index in [1.807, 2.05) is 0 Å². The average molecular weight is 226 g/mol. The van der Waals surface area contributed by atoms with Crippen LogP contribution < -0.4 is 5.76 Å². The molecule has 2 unspecified atom stereocenters. The Labute approximate surface area is 96.4 Å². The Balaban J connectivity index is 2.47. The molecule has 16 heavy (non-hydrogen) atoms. The molecule has 1 N–H and O–H groups in total. The molecule has 4 heteroatoms. The van der Waals surface area contributed by atoms with E-state index >= 15 is 0 Å². The zero-order valence-corrected chi connectivity index (χ0v) is 10.8. The van der Waals surface area contributed by atoms with Gasteiger partial charge in [-0.05, 0) is 24.2 Å². The van der Waals surface area contributed by atoms with Crippen molar-refractivity contribution in [2.75, 3.05) is 0 Å². The van der Waals surface area contributed by atoms with Crippen molar-refractivity contribution in [3.05, 3.63) is 16.4 Å². The fourth-order valence-electron chi connectivity index (χ4n) is 1.52. The van der Waals surface area contributed by atoms with Crippen LogP contribution in [0.4, 0.5) is 0 Å². The van der Waals surface area contributed by atoms with Crippen LogP contribution in [0, 0.1) is 11.3 Å². The predicted molar refractivity (Wildman–Crippen MR) is 63.4 cm³/mol. The van der Waals surface area contributed by atoms with Gasteiger partial charge in [-0.25, -0.2) is 4.79 Å². The van der Waals surface area contributed by atoms with Crippen LogP contribution >= 0.6 is 0 Å². The molecule has 4 nitrogen and oxygen atoms in total. The van der Waals surface area contributed by atoms with Crippen molar-refractivity contribution in [2.45, 2.75) is 53.4 Å². The number of nitrogens with one attached hydrogen (secondary N) is 1. The van der Waals surface area contributed by atoms with Gasteiger partial charge in [0.25, 0.3) is 0 Å². The molecule has 1 aromatic rings. The molecule has 1 aromatic heterocycles. The second-order valence-electron chi connectivity index (χ2n) is 5.73. The maximum Gasteiger partial charge on any atom is 0.438 e. The Kier molecular flexibility index (Phi) is 3.94. The molecule has 0 aromatic carbocycles. The van der Waals surface area contributed by atoms with Crippen LogP contribution in [0.3, 0.4) is 0 Å². The largest absolute Gasteiger partial charge is 0.438 e. The van der Waals surface area contributed by atoms with Gasteiger partial charge in [-0.2, -0.15) is 0 Å². The molecule has 0 fully saturated rings. The van der Waals surface area contributed by atoms with Gasteiger partial charge in [-0.3, -0.25) is 9.51 Å². The quantitative estimate of drug-likeness (QED) is 0.858. The van der Waals surface area contributed by atoms with Gasteiger partial charge in [0, 0.05) is 5.92 Å². The second-order valence-corrected chi connectivity index (χ2v) is 5.73. The normalized spacial score (nSPS) is 16.1. The standard InChI is InChI=1S/C12H22N2O2/c1-8(10-13-11(15)16-14-10)6-7-9(2)12(3,4)5/h8-9H,6-7H2,1-5H3,(H,13,14,15). The number of hydrogen-bond donors (Lipinski definition) is 1. The lowest BCUT2D eigenvalue weighted by atomic mass is 9.78. The van der Waals surface area contributed by atoms with Crippen LogP contribution in [-0.2, 0) is 0 Å². The predicted octanol–water partition coefficient (Wildman–Crippen LogP) is 2.93. The van der Waals surface area contributed by atoms with Crippen molar-refractivity contribution in [1.82, 2.24) is 10.1 Å². The second kappa shape index (κ2) is 4.85. The number of rotatable bonds is 4. The molecule has 0 saturated carbocycles. The number of nitrogens with zero attached hydrogens (tertiary/aromatic N) is 1. The molecule has 0 aliphatic heterocycles. The molecule has 1 heterocycles. The Hall–Kier alpha value is -1.06. The number of H-pyrrole nitrogens is 1. The SMILES string of the molecule is CC(CCC(C)C(C)(C)C)c1noc(=O)[nH]1. The lowest BCUT2D eigenvalue weighted by Gasteiger charge is -2.27. The molecule has 0 aliphatic carbocycles. The maximum absolute atomic E-state index is 10.8. The first kappa shape index (κ1) is 13.0. The summed E-state index contributed by atoms with van der Waals surface area (Å²) >= 11 is 0. The third-order valence-corrected chi connectivity index (χ3v) is 3.43. The van der Waals surface area contributed by atoms with E-state index in [1.54, 1.807) is 0 Å². The van der Waals surface area contributed by atoms with E-state index in [-0.39, 0.29) is 5.92 Å². The number of aromatic nitrogens is 2. The van der Waals surface area contributed by atoms with E-state index in [4.69, 9.17) is 0 Å². The molecule has 92 valence electrons. The third kappa shape index (κ3) is 3.51. The summed E-state index contributed by atoms with van der Waals surface area (Å²) < 4.78 is 4.50. The van der Waals surface area contributed by atoms with E-state index in [0.29, 0.717) is 17.2 Å². The van der Waals surface area contributed by atoms with Gasteiger partial charge in [-0.15, -0.1) is 0 Å². The molecule has 0 saturated heterocycles. The average Bonchev–Trinajstić information content (AvgIpc) is 2.59. The van der Waals surface area contributed by atoms with E-state index in [0.717, 1.165) is 12.8 Å². The molecule has 1 rings (SSSR count). The minimum Gasteiger partial charge on any atom is -0.296 e. The smallest absolute Gasteiger partial charge is 0.296 e. The van der Waals surface area contributed by atoms with Crippen LogP contribution in [0.5, 0.6) is 0 Å². The van der Waals surface area contributed by atoms with Gasteiger partial charge in [-0.1, -0.05) is 39.8 Å². The lowest BCUT2D eigenvalue weighted by molar-refractivity contribution is 0.237. The molecule has 0 aliphatic rings. The summed E-state index contributed by atoms with van der Waals surface area (Å²) in [5.41, 5.74) is 0.330. The van der Waals surface area contributed by atoms with Gasteiger partial charge < -0.3 is 0 Å². The first-order valence-corrected chi connectivity index (χ1v) is 5.86. The third-order valence-electron chi connectivity index (χ3n) is 3.43. The highest BCUT2D eigenvalue weighted by Gasteiger charge is 2.21. The molecular formula is C12H22N2O2. The van der Waals surface area contributed by atoms with Crippen molar-refractivity contribution in [1.29, 1.82) is 0 Å². The summed E-state index contributed by atoms with van der Waals surface area (Å²) in [6.07, 6.45) is 2.14. The lowest BCUT2D eigenvalue weighted by Crippen LogP contribution is -2.17. The van der Waals surface area contributed by atoms with Crippen molar-refractivity contribution in [3.8, 4) is 0 Å². The minimum absolute atomic E-state index is 0.247. The van der Waals surface area contributed by atoms with Crippen LogP contribution in [0.15, 0.2) is 9.32 Å². The van der Waals surface area contributed by atoms with E-state index < -0.39 is 5.76 Å². The topological polar surface area (TPSA) is 58.9 Å². The van der Waals surface area contributed by atoms with E-state index in [1.165, 1.54) is 0 Å². The first-order chi connectivity index (χ1) is 7.30.